The summed E-state index contributed by atoms with van der Waals surface area (Å²) < 4.78 is 13.4. The summed E-state index contributed by atoms with van der Waals surface area (Å²) in [6.07, 6.45) is 3.36. The first-order valence-electron chi connectivity index (χ1n) is 12.3. The number of aromatic nitrogens is 2. The topological polar surface area (TPSA) is 68.6 Å². The van der Waals surface area contributed by atoms with Gasteiger partial charge in [0.1, 0.15) is 5.75 Å². The van der Waals surface area contributed by atoms with Crippen molar-refractivity contribution in [1.82, 2.24) is 14.9 Å². The highest BCUT2D eigenvalue weighted by atomic mass is 35.5. The summed E-state index contributed by atoms with van der Waals surface area (Å²) in [5, 5.41) is 4.11. The van der Waals surface area contributed by atoms with Crippen molar-refractivity contribution < 1.29 is 14.3 Å². The van der Waals surface area contributed by atoms with E-state index in [-0.39, 0.29) is 17.9 Å². The van der Waals surface area contributed by atoms with Crippen LogP contribution in [0.15, 0.2) is 36.4 Å². The summed E-state index contributed by atoms with van der Waals surface area (Å²) in [7, 11) is 0. The molecule has 1 aromatic heterocycles. The van der Waals surface area contributed by atoms with Crippen molar-refractivity contribution in [3.8, 4) is 11.4 Å². The van der Waals surface area contributed by atoms with Crippen molar-refractivity contribution in [3.63, 3.8) is 0 Å². The Morgan fingerprint density at radius 3 is 2.71 bits per heavy atom. The molecule has 2 fully saturated rings. The van der Waals surface area contributed by atoms with Crippen molar-refractivity contribution in [1.29, 1.82) is 0 Å². The van der Waals surface area contributed by atoms with Crippen molar-refractivity contribution in [2.75, 3.05) is 37.8 Å². The van der Waals surface area contributed by atoms with E-state index in [0.29, 0.717) is 23.3 Å². The van der Waals surface area contributed by atoms with Crippen LogP contribution in [0.2, 0.25) is 10.0 Å². The van der Waals surface area contributed by atoms with Gasteiger partial charge in [-0.05, 0) is 49.9 Å². The predicted molar refractivity (Wildman–Crippen MR) is 139 cm³/mol. The summed E-state index contributed by atoms with van der Waals surface area (Å²) in [6, 6.07) is 11.8. The number of nitrogens with one attached hydrogen (secondary N) is 1. The molecule has 1 atom stereocenters. The zero-order chi connectivity index (χ0) is 24.4. The van der Waals surface area contributed by atoms with Gasteiger partial charge in [0.05, 0.1) is 46.0 Å². The molecule has 35 heavy (non-hydrogen) atoms. The molecule has 0 saturated carbocycles. The second-order valence-corrected chi connectivity index (χ2v) is 9.99. The molecule has 2 aliphatic rings. The van der Waals surface area contributed by atoms with Gasteiger partial charge in [-0.3, -0.25) is 9.36 Å². The number of halogens is 2. The minimum absolute atomic E-state index is 0.000612. The SMILES string of the molecule is CCCOc1cccc(-n2c(N3CCC(C(=O)NC4CCOC4)CC3)nc3cc(Cl)c(Cl)cc32)c1. The second-order valence-electron chi connectivity index (χ2n) is 9.18. The van der Waals surface area contributed by atoms with Crippen LogP contribution in [-0.4, -0.2) is 54.4 Å². The van der Waals surface area contributed by atoms with E-state index in [9.17, 15) is 4.79 Å². The Hall–Kier alpha value is -2.48. The summed E-state index contributed by atoms with van der Waals surface area (Å²) >= 11 is 12.7. The van der Waals surface area contributed by atoms with Crippen LogP contribution in [0, 0.1) is 5.92 Å². The Labute approximate surface area is 215 Å². The molecule has 2 aromatic carbocycles. The third kappa shape index (κ3) is 5.22. The molecule has 3 aromatic rings. The molecule has 186 valence electrons. The number of fused-ring (bicyclic) bond motifs is 1. The van der Waals surface area contributed by atoms with Gasteiger partial charge >= 0.3 is 0 Å². The fraction of sp³-hybridized carbons (Fsp3) is 0.462. The van der Waals surface area contributed by atoms with E-state index in [4.69, 9.17) is 37.7 Å². The number of piperidine rings is 1. The number of imidazole rings is 1. The Balaban J connectivity index is 1.42. The van der Waals surface area contributed by atoms with Gasteiger partial charge in [0, 0.05) is 31.7 Å². The van der Waals surface area contributed by atoms with Crippen LogP contribution in [0.25, 0.3) is 16.7 Å². The molecule has 7 nitrogen and oxygen atoms in total. The Bertz CT molecular complexity index is 1200. The number of carbonyl (C=O) groups excluding carboxylic acids is 1. The third-order valence-corrected chi connectivity index (χ3v) is 7.37. The standard InChI is InChI=1S/C26H30Cl2N4O3/c1-2-11-35-20-5-3-4-19(13-20)32-24-15-22(28)21(27)14-23(24)30-26(32)31-9-6-17(7-10-31)25(33)29-18-8-12-34-16-18/h3-5,13-15,17-18H,2,6-12,16H2,1H3,(H,29,33). The first-order valence-corrected chi connectivity index (χ1v) is 13.0. The van der Waals surface area contributed by atoms with Crippen LogP contribution < -0.4 is 15.0 Å². The number of nitrogens with zero attached hydrogens (tertiary/aromatic N) is 3. The highest BCUT2D eigenvalue weighted by molar-refractivity contribution is 6.42. The number of hydrogen-bond donors (Lipinski definition) is 1. The lowest BCUT2D eigenvalue weighted by Gasteiger charge is -2.32. The van der Waals surface area contributed by atoms with Gasteiger partial charge < -0.3 is 19.7 Å². The molecule has 0 bridgehead atoms. The first-order chi connectivity index (χ1) is 17.0. The minimum Gasteiger partial charge on any atom is -0.494 e. The number of hydrogen-bond acceptors (Lipinski definition) is 5. The Morgan fingerprint density at radius 2 is 1.97 bits per heavy atom. The van der Waals surface area contributed by atoms with Crippen molar-refractivity contribution in [2.24, 2.45) is 5.92 Å². The van der Waals surface area contributed by atoms with Gasteiger partial charge in [0.25, 0.3) is 0 Å². The smallest absolute Gasteiger partial charge is 0.223 e. The van der Waals surface area contributed by atoms with E-state index < -0.39 is 0 Å². The first kappa shape index (κ1) is 24.2. The van der Waals surface area contributed by atoms with E-state index in [0.717, 1.165) is 73.8 Å². The Kier molecular flexibility index (Phi) is 7.37. The van der Waals surface area contributed by atoms with Crippen LogP contribution in [0.3, 0.4) is 0 Å². The molecule has 3 heterocycles. The van der Waals surface area contributed by atoms with Crippen molar-refractivity contribution in [3.05, 3.63) is 46.4 Å². The number of carbonyl (C=O) groups is 1. The normalized spacial score (nSPS) is 18.8. The molecule has 5 rings (SSSR count). The molecular formula is C26H30Cl2N4O3. The minimum atomic E-state index is -0.000612. The summed E-state index contributed by atoms with van der Waals surface area (Å²) in [6.45, 7) is 5.54. The lowest BCUT2D eigenvalue weighted by molar-refractivity contribution is -0.126. The number of rotatable bonds is 7. The van der Waals surface area contributed by atoms with E-state index >= 15 is 0 Å². The quantitative estimate of drug-likeness (QED) is 0.464. The van der Waals surface area contributed by atoms with Gasteiger partial charge in [-0.1, -0.05) is 36.2 Å². The second kappa shape index (κ2) is 10.6. The lowest BCUT2D eigenvalue weighted by atomic mass is 9.95. The van der Waals surface area contributed by atoms with Crippen LogP contribution in [0.5, 0.6) is 5.75 Å². The average molecular weight is 517 g/mol. The van der Waals surface area contributed by atoms with Crippen molar-refractivity contribution in [2.45, 2.75) is 38.6 Å². The van der Waals surface area contributed by atoms with Gasteiger partial charge in [-0.25, -0.2) is 4.98 Å². The monoisotopic (exact) mass is 516 g/mol. The number of anilines is 1. The average Bonchev–Trinajstić information content (AvgIpc) is 3.51. The largest absolute Gasteiger partial charge is 0.494 e. The molecule has 2 aliphatic heterocycles. The molecular weight excluding hydrogens is 487 g/mol. The molecule has 0 aliphatic carbocycles. The third-order valence-electron chi connectivity index (χ3n) is 6.65. The van der Waals surface area contributed by atoms with Gasteiger partial charge in [0.15, 0.2) is 0 Å². The molecule has 9 heteroatoms. The summed E-state index contributed by atoms with van der Waals surface area (Å²) in [4.78, 5) is 20.0. The number of ether oxygens (including phenoxy) is 2. The number of amides is 1. The number of benzene rings is 2. The molecule has 0 spiro atoms. The zero-order valence-electron chi connectivity index (χ0n) is 19.8. The van der Waals surface area contributed by atoms with E-state index in [2.05, 4.69) is 21.7 Å². The summed E-state index contributed by atoms with van der Waals surface area (Å²) in [5.74, 6) is 1.75. The van der Waals surface area contributed by atoms with E-state index in [1.807, 2.05) is 30.3 Å². The van der Waals surface area contributed by atoms with Crippen molar-refractivity contribution >= 4 is 46.1 Å². The highest BCUT2D eigenvalue weighted by Crippen LogP contribution is 2.35. The maximum atomic E-state index is 12.8. The van der Waals surface area contributed by atoms with Crippen LogP contribution in [0.1, 0.15) is 32.6 Å². The fourth-order valence-corrected chi connectivity index (χ4v) is 5.08. The molecule has 1 unspecified atom stereocenters. The van der Waals surface area contributed by atoms with Crippen LogP contribution in [-0.2, 0) is 9.53 Å². The summed E-state index contributed by atoms with van der Waals surface area (Å²) in [5.41, 5.74) is 2.59. The maximum absolute atomic E-state index is 12.8. The molecule has 2 saturated heterocycles. The highest BCUT2D eigenvalue weighted by Gasteiger charge is 2.30. The maximum Gasteiger partial charge on any atom is 0.223 e. The molecule has 1 N–H and O–H groups in total. The van der Waals surface area contributed by atoms with Gasteiger partial charge in [-0.2, -0.15) is 0 Å². The zero-order valence-corrected chi connectivity index (χ0v) is 21.3. The van der Waals surface area contributed by atoms with Crippen LogP contribution in [0.4, 0.5) is 5.95 Å². The molecule has 1 amide bonds. The molecule has 0 radical (unpaired) electrons. The van der Waals surface area contributed by atoms with E-state index in [1.54, 1.807) is 6.07 Å². The Morgan fingerprint density at radius 1 is 1.17 bits per heavy atom. The van der Waals surface area contributed by atoms with Crippen LogP contribution >= 0.6 is 23.2 Å². The van der Waals surface area contributed by atoms with E-state index in [1.165, 1.54) is 0 Å². The lowest BCUT2D eigenvalue weighted by Crippen LogP contribution is -2.44. The fourth-order valence-electron chi connectivity index (χ4n) is 4.77. The van der Waals surface area contributed by atoms with Gasteiger partial charge in [0.2, 0.25) is 11.9 Å². The van der Waals surface area contributed by atoms with Gasteiger partial charge in [-0.15, -0.1) is 0 Å². The predicted octanol–water partition coefficient (Wildman–Crippen LogP) is 5.24.